The van der Waals surface area contributed by atoms with Crippen molar-refractivity contribution in [1.82, 2.24) is 0 Å². The number of halogens is 3. The molecule has 5 unspecified atom stereocenters. The Kier molecular flexibility index (Phi) is 2.69. The largest absolute Gasteiger partial charge is 0.393 e. The molecule has 5 atom stereocenters. The van der Waals surface area contributed by atoms with Gasteiger partial charge in [0.25, 0.3) is 0 Å². The molecule has 2 bridgehead atoms. The monoisotopic (exact) mass is 248 g/mol. The molecule has 0 aromatic rings. The van der Waals surface area contributed by atoms with E-state index < -0.39 is 18.7 Å². The molecule has 0 aromatic carbocycles. The first-order valence-corrected chi connectivity index (χ1v) is 6.72. The van der Waals surface area contributed by atoms with Crippen molar-refractivity contribution in [2.45, 2.75) is 50.8 Å². The van der Waals surface area contributed by atoms with E-state index in [1.54, 1.807) is 0 Å². The van der Waals surface area contributed by atoms with Crippen LogP contribution < -0.4 is 0 Å². The number of rotatable bonds is 4. The lowest BCUT2D eigenvalue weighted by Crippen LogP contribution is -2.17. The maximum absolute atomic E-state index is 12.0. The summed E-state index contributed by atoms with van der Waals surface area (Å²) < 4.78 is 36.0. The zero-order valence-corrected chi connectivity index (χ0v) is 9.79. The lowest BCUT2D eigenvalue weighted by Gasteiger charge is -2.15. The zero-order chi connectivity index (χ0) is 12.2. The van der Waals surface area contributed by atoms with Crippen LogP contribution in [0.1, 0.15) is 38.5 Å². The number of hydrogen-bond donors (Lipinski definition) is 1. The first kappa shape index (κ1) is 11.8. The number of aliphatic hydroxyl groups excluding tert-OH is 1. The standard InChI is InChI=1S/C13H19F3O/c14-13(15,16)5-1-2-9(17)12-10-7-3-4-8(6-7)11(10)12/h7-12,17H,1-6H2. The van der Waals surface area contributed by atoms with Crippen LogP contribution in [-0.2, 0) is 0 Å². The minimum Gasteiger partial charge on any atom is -0.393 e. The Morgan fingerprint density at radius 2 is 1.71 bits per heavy atom. The summed E-state index contributed by atoms with van der Waals surface area (Å²) in [7, 11) is 0. The summed E-state index contributed by atoms with van der Waals surface area (Å²) in [6, 6.07) is 0. The number of aliphatic hydroxyl groups is 1. The van der Waals surface area contributed by atoms with Gasteiger partial charge in [0.05, 0.1) is 6.10 Å². The number of alkyl halides is 3. The molecule has 1 nitrogen and oxygen atoms in total. The zero-order valence-electron chi connectivity index (χ0n) is 9.79. The molecule has 0 aromatic heterocycles. The first-order chi connectivity index (χ1) is 7.97. The lowest BCUT2D eigenvalue weighted by molar-refractivity contribution is -0.136. The quantitative estimate of drug-likeness (QED) is 0.808. The predicted molar refractivity (Wildman–Crippen MR) is 57.2 cm³/mol. The minimum atomic E-state index is -4.07. The van der Waals surface area contributed by atoms with E-state index in [2.05, 4.69) is 0 Å². The van der Waals surface area contributed by atoms with E-state index in [0.717, 1.165) is 11.8 Å². The van der Waals surface area contributed by atoms with Crippen LogP contribution in [0.2, 0.25) is 0 Å². The second kappa shape index (κ2) is 3.87. The smallest absolute Gasteiger partial charge is 0.389 e. The third-order valence-electron chi connectivity index (χ3n) is 5.20. The average Bonchev–Trinajstić information content (AvgIpc) is 2.66. The van der Waals surface area contributed by atoms with Crippen LogP contribution in [0.15, 0.2) is 0 Å². The van der Waals surface area contributed by atoms with Crippen LogP contribution in [0.5, 0.6) is 0 Å². The fourth-order valence-electron chi connectivity index (χ4n) is 4.61. The highest BCUT2D eigenvalue weighted by molar-refractivity contribution is 5.14. The van der Waals surface area contributed by atoms with E-state index >= 15 is 0 Å². The summed E-state index contributed by atoms with van der Waals surface area (Å²) in [5.74, 6) is 3.23. The van der Waals surface area contributed by atoms with Gasteiger partial charge in [-0.1, -0.05) is 0 Å². The third kappa shape index (κ3) is 2.09. The van der Waals surface area contributed by atoms with E-state index in [4.69, 9.17) is 0 Å². The van der Waals surface area contributed by atoms with Crippen molar-refractivity contribution in [1.29, 1.82) is 0 Å². The van der Waals surface area contributed by atoms with Crippen LogP contribution in [0.4, 0.5) is 13.2 Å². The molecule has 17 heavy (non-hydrogen) atoms. The second-order valence-electron chi connectivity index (χ2n) is 6.14. The van der Waals surface area contributed by atoms with Gasteiger partial charge in [0.2, 0.25) is 0 Å². The van der Waals surface area contributed by atoms with Gasteiger partial charge in [-0.3, -0.25) is 0 Å². The van der Waals surface area contributed by atoms with E-state index in [0.29, 0.717) is 24.2 Å². The second-order valence-corrected chi connectivity index (χ2v) is 6.14. The Morgan fingerprint density at radius 3 is 2.24 bits per heavy atom. The van der Waals surface area contributed by atoms with Gasteiger partial charge in [-0.2, -0.15) is 13.2 Å². The van der Waals surface area contributed by atoms with Crippen molar-refractivity contribution in [2.75, 3.05) is 0 Å². The van der Waals surface area contributed by atoms with E-state index in [1.165, 1.54) is 19.3 Å². The van der Waals surface area contributed by atoms with Gasteiger partial charge in [-0.15, -0.1) is 0 Å². The average molecular weight is 248 g/mol. The molecule has 3 fully saturated rings. The molecule has 3 aliphatic carbocycles. The van der Waals surface area contributed by atoms with E-state index in [1.807, 2.05) is 0 Å². The van der Waals surface area contributed by atoms with Crippen molar-refractivity contribution in [3.8, 4) is 0 Å². The molecule has 4 heteroatoms. The molecule has 3 rings (SSSR count). The van der Waals surface area contributed by atoms with Crippen LogP contribution in [-0.4, -0.2) is 17.4 Å². The Labute approximate surface area is 99.4 Å². The SMILES string of the molecule is OC(CCCC(F)(F)F)C1C2C3CCC(C3)C12. The van der Waals surface area contributed by atoms with Crippen molar-refractivity contribution < 1.29 is 18.3 Å². The molecule has 0 saturated heterocycles. The highest BCUT2D eigenvalue weighted by Crippen LogP contribution is 2.70. The van der Waals surface area contributed by atoms with Gasteiger partial charge in [0, 0.05) is 6.42 Å². The molecule has 0 radical (unpaired) electrons. The van der Waals surface area contributed by atoms with E-state index in [-0.39, 0.29) is 6.42 Å². The van der Waals surface area contributed by atoms with Crippen molar-refractivity contribution in [2.24, 2.45) is 29.6 Å². The summed E-state index contributed by atoms with van der Waals surface area (Å²) in [5.41, 5.74) is 0. The predicted octanol–water partition coefficient (Wildman–Crippen LogP) is 3.37. The molecule has 0 spiro atoms. The molecule has 1 N–H and O–H groups in total. The summed E-state index contributed by atoms with van der Waals surface area (Å²) in [4.78, 5) is 0. The van der Waals surface area contributed by atoms with Gasteiger partial charge >= 0.3 is 6.18 Å². The first-order valence-electron chi connectivity index (χ1n) is 6.72. The van der Waals surface area contributed by atoms with Gasteiger partial charge in [0.15, 0.2) is 0 Å². The molecule has 0 aliphatic heterocycles. The Balaban J connectivity index is 1.45. The Morgan fingerprint density at radius 1 is 1.12 bits per heavy atom. The van der Waals surface area contributed by atoms with Crippen LogP contribution in [0, 0.1) is 29.6 Å². The minimum absolute atomic E-state index is 0.0793. The highest BCUT2D eigenvalue weighted by Gasteiger charge is 2.66. The summed E-state index contributed by atoms with van der Waals surface area (Å²) in [6.07, 6.45) is -0.990. The van der Waals surface area contributed by atoms with Crippen molar-refractivity contribution in [3.05, 3.63) is 0 Å². The fourth-order valence-corrected chi connectivity index (χ4v) is 4.61. The summed E-state index contributed by atoms with van der Waals surface area (Å²) >= 11 is 0. The molecule has 3 aliphatic rings. The van der Waals surface area contributed by atoms with Crippen LogP contribution in [0.25, 0.3) is 0 Å². The van der Waals surface area contributed by atoms with Gasteiger partial charge in [0.1, 0.15) is 0 Å². The van der Waals surface area contributed by atoms with Crippen LogP contribution >= 0.6 is 0 Å². The molecule has 0 amide bonds. The van der Waals surface area contributed by atoms with Crippen molar-refractivity contribution in [3.63, 3.8) is 0 Å². The molecule has 98 valence electrons. The maximum atomic E-state index is 12.0. The van der Waals surface area contributed by atoms with Gasteiger partial charge in [-0.25, -0.2) is 0 Å². The molecule has 3 saturated carbocycles. The normalized spacial score (nSPS) is 44.8. The topological polar surface area (TPSA) is 20.2 Å². The van der Waals surface area contributed by atoms with Gasteiger partial charge in [-0.05, 0) is 61.7 Å². The summed E-state index contributed by atoms with van der Waals surface area (Å²) in [6.45, 7) is 0. The van der Waals surface area contributed by atoms with Crippen molar-refractivity contribution >= 4 is 0 Å². The number of fused-ring (bicyclic) bond motifs is 5. The third-order valence-corrected chi connectivity index (χ3v) is 5.20. The van der Waals surface area contributed by atoms with Gasteiger partial charge < -0.3 is 5.11 Å². The maximum Gasteiger partial charge on any atom is 0.389 e. The Hall–Kier alpha value is -0.250. The molecular formula is C13H19F3O. The Bertz CT molecular complexity index is 286. The lowest BCUT2D eigenvalue weighted by atomic mass is 9.96. The molecular weight excluding hydrogens is 229 g/mol. The highest BCUT2D eigenvalue weighted by atomic mass is 19.4. The van der Waals surface area contributed by atoms with Crippen LogP contribution in [0.3, 0.4) is 0 Å². The fraction of sp³-hybridized carbons (Fsp3) is 1.00. The van der Waals surface area contributed by atoms with E-state index in [9.17, 15) is 18.3 Å². The molecule has 0 heterocycles. The number of hydrogen-bond acceptors (Lipinski definition) is 1. The summed E-state index contributed by atoms with van der Waals surface area (Å²) in [5, 5.41) is 9.99.